The van der Waals surface area contributed by atoms with E-state index < -0.39 is 11.3 Å². The summed E-state index contributed by atoms with van der Waals surface area (Å²) in [5.74, 6) is 0. The van der Waals surface area contributed by atoms with Gasteiger partial charge in [0, 0.05) is 5.33 Å². The molecule has 0 aliphatic carbocycles. The highest BCUT2D eigenvalue weighted by atomic mass is 79.9. The molecule has 0 aromatic rings. The van der Waals surface area contributed by atoms with Gasteiger partial charge in [-0.15, -0.1) is 0 Å². The molecule has 0 spiro atoms. The molecular formula is C11H20BrNO3. The number of nitrogens with zero attached hydrogens (tertiary/aromatic N) is 1. The van der Waals surface area contributed by atoms with Gasteiger partial charge in [0.15, 0.2) is 0 Å². The molecule has 0 radical (unpaired) electrons. The predicted molar refractivity (Wildman–Crippen MR) is 65.7 cm³/mol. The fourth-order valence-electron chi connectivity index (χ4n) is 1.68. The summed E-state index contributed by atoms with van der Waals surface area (Å²) in [6, 6.07) is 0.0323. The summed E-state index contributed by atoms with van der Waals surface area (Å²) in [6.45, 7) is 9.87. The van der Waals surface area contributed by atoms with Crippen molar-refractivity contribution in [3.63, 3.8) is 0 Å². The van der Waals surface area contributed by atoms with E-state index in [2.05, 4.69) is 15.9 Å². The minimum absolute atomic E-state index is 0.0323. The Morgan fingerprint density at radius 1 is 1.56 bits per heavy atom. The number of hydrogen-bond acceptors (Lipinski definition) is 3. The van der Waals surface area contributed by atoms with Crippen LogP contribution in [0.15, 0.2) is 0 Å². The van der Waals surface area contributed by atoms with E-state index in [1.54, 1.807) is 4.90 Å². The first-order valence-corrected chi connectivity index (χ1v) is 6.52. The molecule has 1 amide bonds. The Morgan fingerprint density at radius 2 is 2.12 bits per heavy atom. The van der Waals surface area contributed by atoms with E-state index in [-0.39, 0.29) is 12.1 Å². The highest BCUT2D eigenvalue weighted by Gasteiger charge is 2.45. The highest BCUT2D eigenvalue weighted by molar-refractivity contribution is 9.09. The van der Waals surface area contributed by atoms with Crippen LogP contribution in [0.5, 0.6) is 0 Å². The van der Waals surface area contributed by atoms with Crippen molar-refractivity contribution in [3.05, 3.63) is 0 Å². The van der Waals surface area contributed by atoms with Crippen LogP contribution >= 0.6 is 15.9 Å². The number of rotatable bonds is 1. The number of carbonyl (C=O) groups excluding carboxylic acids is 1. The third-order valence-electron chi connectivity index (χ3n) is 2.34. The molecule has 0 aromatic carbocycles. The molecule has 1 aliphatic rings. The van der Waals surface area contributed by atoms with E-state index in [4.69, 9.17) is 9.47 Å². The lowest BCUT2D eigenvalue weighted by molar-refractivity contribution is -0.0616. The van der Waals surface area contributed by atoms with Crippen molar-refractivity contribution in [2.24, 2.45) is 0 Å². The molecule has 0 saturated carbocycles. The Bertz CT molecular complexity index is 273. The standard InChI is InChI=1S/C11H20BrNO3/c1-10(2,3)16-9(14)13-8(6-12)7-15-11(13,4)5/h8H,6-7H2,1-5H3. The second-order valence-electron chi connectivity index (χ2n) is 5.42. The molecule has 1 rings (SSSR count). The average Bonchev–Trinajstić information content (AvgIpc) is 2.37. The second kappa shape index (κ2) is 4.53. The molecule has 1 unspecified atom stereocenters. The molecule has 1 fully saturated rings. The van der Waals surface area contributed by atoms with Crippen molar-refractivity contribution in [1.29, 1.82) is 0 Å². The summed E-state index contributed by atoms with van der Waals surface area (Å²) in [7, 11) is 0. The molecule has 1 saturated heterocycles. The molecule has 5 heteroatoms. The van der Waals surface area contributed by atoms with Crippen LogP contribution in [-0.4, -0.2) is 40.3 Å². The summed E-state index contributed by atoms with van der Waals surface area (Å²) in [4.78, 5) is 13.7. The van der Waals surface area contributed by atoms with Crippen LogP contribution in [0, 0.1) is 0 Å². The van der Waals surface area contributed by atoms with Gasteiger partial charge >= 0.3 is 6.09 Å². The number of carbonyl (C=O) groups is 1. The van der Waals surface area contributed by atoms with Gasteiger partial charge in [0.05, 0.1) is 12.6 Å². The average molecular weight is 294 g/mol. The highest BCUT2D eigenvalue weighted by Crippen LogP contribution is 2.29. The molecule has 16 heavy (non-hydrogen) atoms. The minimum atomic E-state index is -0.596. The van der Waals surface area contributed by atoms with E-state index in [0.717, 1.165) is 0 Å². The zero-order valence-electron chi connectivity index (χ0n) is 10.5. The van der Waals surface area contributed by atoms with Crippen LogP contribution in [0.1, 0.15) is 34.6 Å². The van der Waals surface area contributed by atoms with Crippen molar-refractivity contribution in [2.75, 3.05) is 11.9 Å². The summed E-state index contributed by atoms with van der Waals surface area (Å²) in [5.41, 5.74) is -1.08. The number of amides is 1. The van der Waals surface area contributed by atoms with Crippen molar-refractivity contribution < 1.29 is 14.3 Å². The third-order valence-corrected chi connectivity index (χ3v) is 3.09. The largest absolute Gasteiger partial charge is 0.444 e. The van der Waals surface area contributed by atoms with Gasteiger partial charge in [-0.2, -0.15) is 0 Å². The molecular weight excluding hydrogens is 274 g/mol. The summed E-state index contributed by atoms with van der Waals surface area (Å²) in [5, 5.41) is 0.690. The number of halogens is 1. The Hall–Kier alpha value is -0.290. The minimum Gasteiger partial charge on any atom is -0.444 e. The lowest BCUT2D eigenvalue weighted by atomic mass is 10.2. The Labute approximate surface area is 105 Å². The third kappa shape index (κ3) is 3.10. The van der Waals surface area contributed by atoms with Crippen molar-refractivity contribution in [2.45, 2.75) is 52.0 Å². The second-order valence-corrected chi connectivity index (χ2v) is 6.06. The van der Waals surface area contributed by atoms with Crippen LogP contribution in [-0.2, 0) is 9.47 Å². The Kier molecular flexibility index (Phi) is 3.90. The molecule has 0 bridgehead atoms. The van der Waals surface area contributed by atoms with Crippen LogP contribution < -0.4 is 0 Å². The van der Waals surface area contributed by atoms with Crippen molar-refractivity contribution in [1.82, 2.24) is 4.90 Å². The SMILES string of the molecule is CC(C)(C)OC(=O)N1C(CBr)COC1(C)C. The normalized spacial score (nSPS) is 24.6. The Morgan fingerprint density at radius 3 is 2.56 bits per heavy atom. The van der Waals surface area contributed by atoms with Gasteiger partial charge in [-0.3, -0.25) is 4.90 Å². The molecule has 0 N–H and O–H groups in total. The van der Waals surface area contributed by atoms with Crippen molar-refractivity contribution >= 4 is 22.0 Å². The van der Waals surface area contributed by atoms with Gasteiger partial charge in [-0.25, -0.2) is 4.79 Å². The van der Waals surface area contributed by atoms with Gasteiger partial charge in [0.2, 0.25) is 0 Å². The first-order chi connectivity index (χ1) is 7.17. The van der Waals surface area contributed by atoms with E-state index in [0.29, 0.717) is 11.9 Å². The molecule has 94 valence electrons. The monoisotopic (exact) mass is 293 g/mol. The van der Waals surface area contributed by atoms with Crippen LogP contribution in [0.4, 0.5) is 4.79 Å². The van der Waals surface area contributed by atoms with Crippen LogP contribution in [0.3, 0.4) is 0 Å². The van der Waals surface area contributed by atoms with Gasteiger partial charge in [0.25, 0.3) is 0 Å². The molecule has 0 aromatic heterocycles. The smallest absolute Gasteiger partial charge is 0.412 e. The van der Waals surface area contributed by atoms with E-state index >= 15 is 0 Å². The molecule has 1 heterocycles. The lowest BCUT2D eigenvalue weighted by Gasteiger charge is -2.34. The zero-order chi connectivity index (χ0) is 12.6. The van der Waals surface area contributed by atoms with Crippen LogP contribution in [0.25, 0.3) is 0 Å². The number of hydrogen-bond donors (Lipinski definition) is 0. The van der Waals surface area contributed by atoms with Crippen molar-refractivity contribution in [3.8, 4) is 0 Å². The molecule has 4 nitrogen and oxygen atoms in total. The van der Waals surface area contributed by atoms with Gasteiger partial charge in [-0.1, -0.05) is 15.9 Å². The number of alkyl halides is 1. The fourth-order valence-corrected chi connectivity index (χ4v) is 2.15. The quantitative estimate of drug-likeness (QED) is 0.698. The van der Waals surface area contributed by atoms with E-state index in [1.807, 2.05) is 34.6 Å². The van der Waals surface area contributed by atoms with Gasteiger partial charge in [0.1, 0.15) is 11.3 Å². The summed E-state index contributed by atoms with van der Waals surface area (Å²) < 4.78 is 11.0. The predicted octanol–water partition coefficient (Wildman–Crippen LogP) is 2.75. The van der Waals surface area contributed by atoms with Gasteiger partial charge < -0.3 is 9.47 Å². The first kappa shape index (κ1) is 13.8. The topological polar surface area (TPSA) is 38.8 Å². The van der Waals surface area contributed by atoms with Crippen LogP contribution in [0.2, 0.25) is 0 Å². The van der Waals surface area contributed by atoms with Gasteiger partial charge in [-0.05, 0) is 34.6 Å². The fraction of sp³-hybridized carbons (Fsp3) is 0.909. The lowest BCUT2D eigenvalue weighted by Crippen LogP contribution is -2.50. The molecule has 1 atom stereocenters. The van der Waals surface area contributed by atoms with E-state index in [1.165, 1.54) is 0 Å². The summed E-state index contributed by atoms with van der Waals surface area (Å²) in [6.07, 6.45) is -0.320. The first-order valence-electron chi connectivity index (χ1n) is 5.39. The molecule has 1 aliphatic heterocycles. The zero-order valence-corrected chi connectivity index (χ0v) is 12.1. The Balaban J connectivity index is 2.79. The number of ether oxygens (including phenoxy) is 2. The van der Waals surface area contributed by atoms with E-state index in [9.17, 15) is 4.79 Å². The maximum Gasteiger partial charge on any atom is 0.412 e. The maximum absolute atomic E-state index is 12.0. The maximum atomic E-state index is 12.0. The summed E-state index contributed by atoms with van der Waals surface area (Å²) >= 11 is 3.39.